The first-order valence-corrected chi connectivity index (χ1v) is 11.3. The van der Waals surface area contributed by atoms with Crippen LogP contribution < -0.4 is 5.32 Å². The second-order valence-corrected chi connectivity index (χ2v) is 9.80. The molecule has 3 aromatic rings. The van der Waals surface area contributed by atoms with Crippen LogP contribution in [0.5, 0.6) is 5.75 Å². The molecule has 2 N–H and O–H groups in total. The van der Waals surface area contributed by atoms with E-state index in [0.29, 0.717) is 12.2 Å². The van der Waals surface area contributed by atoms with Gasteiger partial charge in [0.25, 0.3) is 0 Å². The van der Waals surface area contributed by atoms with Crippen LogP contribution in [0.15, 0.2) is 65.0 Å². The summed E-state index contributed by atoms with van der Waals surface area (Å²) in [5.41, 5.74) is 4.62. The van der Waals surface area contributed by atoms with E-state index in [-0.39, 0.29) is 11.2 Å². The zero-order valence-corrected chi connectivity index (χ0v) is 18.7. The van der Waals surface area contributed by atoms with Gasteiger partial charge in [-0.05, 0) is 52.1 Å². The highest BCUT2D eigenvalue weighted by Gasteiger charge is 2.21. The molecule has 0 fully saturated rings. The summed E-state index contributed by atoms with van der Waals surface area (Å²) in [6, 6.07) is 18.6. The Bertz CT molecular complexity index is 1030. The van der Waals surface area contributed by atoms with Crippen molar-refractivity contribution in [2.24, 2.45) is 4.99 Å². The van der Waals surface area contributed by atoms with Gasteiger partial charge in [0.1, 0.15) is 5.75 Å². The number of aliphatic imine (C=N–C) groups is 1. The number of thiophene rings is 1. The van der Waals surface area contributed by atoms with E-state index in [2.05, 4.69) is 72.8 Å². The number of hydrogen-bond acceptors (Lipinski definition) is 3. The lowest BCUT2D eigenvalue weighted by Gasteiger charge is -2.32. The number of phenols is 1. The Labute approximate surface area is 182 Å². The topological polar surface area (TPSA) is 47.9 Å². The van der Waals surface area contributed by atoms with Crippen molar-refractivity contribution in [1.82, 2.24) is 4.90 Å². The van der Waals surface area contributed by atoms with E-state index in [1.54, 1.807) is 17.4 Å². The number of benzene rings is 2. The van der Waals surface area contributed by atoms with Gasteiger partial charge in [-0.15, -0.1) is 11.3 Å². The zero-order valence-electron chi connectivity index (χ0n) is 17.9. The minimum absolute atomic E-state index is 0.00245. The summed E-state index contributed by atoms with van der Waals surface area (Å²) in [7, 11) is 0. The molecule has 30 heavy (non-hydrogen) atoms. The largest absolute Gasteiger partial charge is 0.506 e. The average Bonchev–Trinajstić information content (AvgIpc) is 3.25. The quantitative estimate of drug-likeness (QED) is 0.321. The smallest absolute Gasteiger partial charge is 0.199 e. The molecule has 4 rings (SSSR count). The molecule has 0 spiro atoms. The number of fused-ring (bicyclic) bond motifs is 1. The molecule has 0 saturated heterocycles. The fourth-order valence-electron chi connectivity index (χ4n) is 3.67. The van der Waals surface area contributed by atoms with Crippen LogP contribution in [-0.4, -0.2) is 22.5 Å². The maximum atomic E-state index is 10.5. The summed E-state index contributed by atoms with van der Waals surface area (Å²) < 4.78 is 0. The summed E-state index contributed by atoms with van der Waals surface area (Å²) >= 11 is 1.71. The molecule has 0 radical (unpaired) electrons. The van der Waals surface area contributed by atoms with Crippen LogP contribution in [0.2, 0.25) is 0 Å². The summed E-state index contributed by atoms with van der Waals surface area (Å²) in [5.74, 6) is 1.04. The van der Waals surface area contributed by atoms with Crippen molar-refractivity contribution in [2.45, 2.75) is 45.7 Å². The van der Waals surface area contributed by atoms with Crippen LogP contribution in [0, 0.1) is 0 Å². The van der Waals surface area contributed by atoms with Gasteiger partial charge in [-0.3, -0.25) is 0 Å². The lowest BCUT2D eigenvalue weighted by molar-refractivity contribution is 0.391. The van der Waals surface area contributed by atoms with Gasteiger partial charge >= 0.3 is 0 Å². The Morgan fingerprint density at radius 2 is 1.90 bits per heavy atom. The summed E-state index contributed by atoms with van der Waals surface area (Å²) in [6.07, 6.45) is 0.990. The molecular weight excluding hydrogens is 390 g/mol. The van der Waals surface area contributed by atoms with Crippen molar-refractivity contribution in [3.63, 3.8) is 0 Å². The van der Waals surface area contributed by atoms with Crippen molar-refractivity contribution in [3.05, 3.63) is 81.5 Å². The van der Waals surface area contributed by atoms with Crippen molar-refractivity contribution >= 4 is 23.0 Å². The van der Waals surface area contributed by atoms with Crippen molar-refractivity contribution < 1.29 is 5.11 Å². The van der Waals surface area contributed by atoms with Gasteiger partial charge in [0, 0.05) is 18.0 Å². The van der Waals surface area contributed by atoms with E-state index in [4.69, 9.17) is 4.99 Å². The van der Waals surface area contributed by atoms with Gasteiger partial charge in [-0.2, -0.15) is 0 Å². The second-order valence-electron chi connectivity index (χ2n) is 8.77. The summed E-state index contributed by atoms with van der Waals surface area (Å²) in [6.45, 7) is 8.86. The van der Waals surface area contributed by atoms with E-state index < -0.39 is 0 Å². The van der Waals surface area contributed by atoms with Crippen LogP contribution in [0.3, 0.4) is 0 Å². The van der Waals surface area contributed by atoms with Crippen LogP contribution >= 0.6 is 11.3 Å². The molecule has 0 amide bonds. The molecule has 0 bridgehead atoms. The van der Waals surface area contributed by atoms with Gasteiger partial charge in [-0.25, -0.2) is 4.99 Å². The van der Waals surface area contributed by atoms with Gasteiger partial charge in [0.05, 0.1) is 12.2 Å². The number of anilines is 1. The predicted molar refractivity (Wildman–Crippen MR) is 126 cm³/mol. The Hall–Kier alpha value is -2.79. The van der Waals surface area contributed by atoms with Gasteiger partial charge in [-0.1, -0.05) is 57.2 Å². The molecule has 1 aromatic heterocycles. The number of nitrogens with one attached hydrogen (secondary N) is 1. The average molecular weight is 420 g/mol. The Balaban J connectivity index is 1.64. The number of rotatable bonds is 3. The highest BCUT2D eigenvalue weighted by Crippen LogP contribution is 2.31. The Morgan fingerprint density at radius 3 is 2.63 bits per heavy atom. The van der Waals surface area contributed by atoms with E-state index in [0.717, 1.165) is 25.5 Å². The molecule has 0 aliphatic carbocycles. The fraction of sp³-hybridized carbons (Fsp3) is 0.320. The second kappa shape index (κ2) is 8.52. The third kappa shape index (κ3) is 4.68. The molecule has 0 saturated carbocycles. The predicted octanol–water partition coefficient (Wildman–Crippen LogP) is 5.78. The first-order valence-electron chi connectivity index (χ1n) is 10.4. The molecule has 0 atom stereocenters. The van der Waals surface area contributed by atoms with E-state index in [1.165, 1.54) is 21.6 Å². The third-order valence-electron chi connectivity index (χ3n) is 5.50. The number of hydrogen-bond donors (Lipinski definition) is 2. The molecule has 5 heteroatoms. The molecule has 2 heterocycles. The lowest BCUT2D eigenvalue weighted by atomic mass is 9.87. The molecule has 1 aliphatic rings. The van der Waals surface area contributed by atoms with Crippen LogP contribution in [0.4, 0.5) is 5.69 Å². The molecule has 156 valence electrons. The maximum absolute atomic E-state index is 10.5. The van der Waals surface area contributed by atoms with Crippen LogP contribution in [0.25, 0.3) is 0 Å². The van der Waals surface area contributed by atoms with Crippen molar-refractivity contribution in [3.8, 4) is 5.75 Å². The standard InChI is InChI=1S/C25H29N3OS/c1-25(2,3)20-10-11-23(29)22(15-20)27-24(26-16-21-9-6-14-30-21)28-13-12-18-7-4-5-8-19(18)17-28/h4-11,14-15,29H,12-13,16-17H2,1-3H3,(H,26,27). The number of phenolic OH excluding ortho intramolecular Hbond substituents is 1. The van der Waals surface area contributed by atoms with Gasteiger partial charge in [0.15, 0.2) is 5.96 Å². The number of nitrogens with zero attached hydrogens (tertiary/aromatic N) is 2. The first-order chi connectivity index (χ1) is 14.4. The van der Waals surface area contributed by atoms with E-state index >= 15 is 0 Å². The minimum Gasteiger partial charge on any atom is -0.506 e. The SMILES string of the molecule is CC(C)(C)c1ccc(O)c(NC(=NCc2cccs2)N2CCc3ccccc3C2)c1. The molecule has 0 unspecified atom stereocenters. The van der Waals surface area contributed by atoms with Crippen LogP contribution in [0.1, 0.15) is 42.3 Å². The summed E-state index contributed by atoms with van der Waals surface area (Å²) in [5, 5.41) is 16.1. The fourth-order valence-corrected chi connectivity index (χ4v) is 4.30. The highest BCUT2D eigenvalue weighted by molar-refractivity contribution is 7.09. The normalized spacial score (nSPS) is 14.5. The monoisotopic (exact) mass is 419 g/mol. The van der Waals surface area contributed by atoms with E-state index in [9.17, 15) is 5.11 Å². The van der Waals surface area contributed by atoms with Gasteiger partial charge < -0.3 is 15.3 Å². The highest BCUT2D eigenvalue weighted by atomic mass is 32.1. The molecule has 4 nitrogen and oxygen atoms in total. The van der Waals surface area contributed by atoms with Crippen molar-refractivity contribution in [2.75, 3.05) is 11.9 Å². The third-order valence-corrected chi connectivity index (χ3v) is 6.37. The lowest BCUT2D eigenvalue weighted by Crippen LogP contribution is -2.40. The zero-order chi connectivity index (χ0) is 21.1. The Morgan fingerprint density at radius 1 is 1.10 bits per heavy atom. The minimum atomic E-state index is 0.00245. The van der Waals surface area contributed by atoms with Gasteiger partial charge in [0.2, 0.25) is 0 Å². The summed E-state index contributed by atoms with van der Waals surface area (Å²) in [4.78, 5) is 8.42. The molecular formula is C25H29N3OS. The maximum Gasteiger partial charge on any atom is 0.199 e. The first kappa shape index (κ1) is 20.5. The number of guanidine groups is 1. The number of aromatic hydroxyl groups is 1. The molecule has 1 aliphatic heterocycles. The van der Waals surface area contributed by atoms with E-state index in [1.807, 2.05) is 12.1 Å². The Kier molecular flexibility index (Phi) is 5.82. The van der Waals surface area contributed by atoms with Crippen LogP contribution in [-0.2, 0) is 24.9 Å². The molecule has 2 aromatic carbocycles. The van der Waals surface area contributed by atoms with Crippen molar-refractivity contribution in [1.29, 1.82) is 0 Å².